The first-order valence-corrected chi connectivity index (χ1v) is 10.3. The molecule has 6 heteroatoms. The molecule has 154 valence electrons. The van der Waals surface area contributed by atoms with Gasteiger partial charge >= 0.3 is 6.09 Å². The minimum Gasteiger partial charge on any atom is -0.444 e. The lowest BCUT2D eigenvalue weighted by Crippen LogP contribution is -2.55. The molecule has 2 saturated heterocycles. The number of rotatable bonds is 4. The van der Waals surface area contributed by atoms with Gasteiger partial charge < -0.3 is 15.0 Å². The maximum atomic E-state index is 12.7. The van der Waals surface area contributed by atoms with Crippen LogP contribution in [0.4, 0.5) is 4.79 Å². The van der Waals surface area contributed by atoms with Crippen LogP contribution in [-0.2, 0) is 16.1 Å². The van der Waals surface area contributed by atoms with Crippen molar-refractivity contribution in [2.75, 3.05) is 19.6 Å². The summed E-state index contributed by atoms with van der Waals surface area (Å²) in [5.74, 6) is 0.629. The molecule has 1 aromatic rings. The number of alkyl carbamates (subject to hydrolysis) is 1. The molecule has 0 bridgehead atoms. The average Bonchev–Trinajstić information content (AvgIpc) is 2.96. The van der Waals surface area contributed by atoms with Gasteiger partial charge in [0.25, 0.3) is 0 Å². The highest BCUT2D eigenvalue weighted by atomic mass is 16.6. The first-order chi connectivity index (χ1) is 13.2. The average molecular weight is 388 g/mol. The molecule has 1 unspecified atom stereocenters. The molecule has 3 atom stereocenters. The standard InChI is InChI=1S/C22H33N3O3/c1-16-10-11-25(20(26)12-16)19-15-24(13-17-8-6-5-7-9-17)14-18(19)23-21(27)28-22(2,3)4/h5-9,16,18-19H,10-15H2,1-4H3,(H,23,27)/t16?,18-,19-/m0/s1. The summed E-state index contributed by atoms with van der Waals surface area (Å²) in [7, 11) is 0. The van der Waals surface area contributed by atoms with Crippen LogP contribution < -0.4 is 5.32 Å². The van der Waals surface area contributed by atoms with E-state index in [-0.39, 0.29) is 18.0 Å². The highest BCUT2D eigenvalue weighted by Crippen LogP contribution is 2.25. The molecule has 0 aromatic heterocycles. The van der Waals surface area contributed by atoms with Crippen molar-refractivity contribution >= 4 is 12.0 Å². The summed E-state index contributed by atoms with van der Waals surface area (Å²) in [5, 5.41) is 3.03. The lowest BCUT2D eigenvalue weighted by Gasteiger charge is -2.37. The second-order valence-corrected chi connectivity index (χ2v) is 9.18. The molecule has 1 aromatic carbocycles. The Morgan fingerprint density at radius 3 is 2.57 bits per heavy atom. The highest BCUT2D eigenvalue weighted by Gasteiger charge is 2.41. The van der Waals surface area contributed by atoms with E-state index in [1.807, 2.05) is 43.9 Å². The van der Waals surface area contributed by atoms with E-state index in [0.717, 1.165) is 26.1 Å². The Morgan fingerprint density at radius 2 is 1.93 bits per heavy atom. The highest BCUT2D eigenvalue weighted by molar-refractivity contribution is 5.78. The SMILES string of the molecule is CC1CCN([C@H]2CN(Cc3ccccc3)C[C@@H]2NC(=O)OC(C)(C)C)C(=O)C1. The van der Waals surface area contributed by atoms with Gasteiger partial charge in [-0.25, -0.2) is 4.79 Å². The lowest BCUT2D eigenvalue weighted by molar-refractivity contribution is -0.137. The van der Waals surface area contributed by atoms with Gasteiger partial charge in [0.15, 0.2) is 0 Å². The monoisotopic (exact) mass is 387 g/mol. The maximum Gasteiger partial charge on any atom is 0.407 e. The van der Waals surface area contributed by atoms with Crippen molar-refractivity contribution < 1.29 is 14.3 Å². The second-order valence-electron chi connectivity index (χ2n) is 9.18. The van der Waals surface area contributed by atoms with Crippen molar-refractivity contribution in [3.05, 3.63) is 35.9 Å². The zero-order valence-electron chi connectivity index (χ0n) is 17.5. The Labute approximate surface area is 168 Å². The van der Waals surface area contributed by atoms with E-state index >= 15 is 0 Å². The quantitative estimate of drug-likeness (QED) is 0.863. The molecule has 0 saturated carbocycles. The number of hydrogen-bond donors (Lipinski definition) is 1. The zero-order chi connectivity index (χ0) is 20.3. The first-order valence-electron chi connectivity index (χ1n) is 10.3. The number of carbonyl (C=O) groups is 2. The predicted molar refractivity (Wildman–Crippen MR) is 109 cm³/mol. The fourth-order valence-corrected chi connectivity index (χ4v) is 4.11. The molecule has 6 nitrogen and oxygen atoms in total. The van der Waals surface area contributed by atoms with E-state index in [1.165, 1.54) is 5.56 Å². The Morgan fingerprint density at radius 1 is 1.21 bits per heavy atom. The smallest absolute Gasteiger partial charge is 0.407 e. The summed E-state index contributed by atoms with van der Waals surface area (Å²) in [4.78, 5) is 29.4. The van der Waals surface area contributed by atoms with Crippen LogP contribution in [0.2, 0.25) is 0 Å². The minimum absolute atomic E-state index is 0.0174. The molecule has 2 aliphatic rings. The topological polar surface area (TPSA) is 61.9 Å². The van der Waals surface area contributed by atoms with Crippen LogP contribution in [0.5, 0.6) is 0 Å². The molecule has 2 heterocycles. The number of nitrogens with one attached hydrogen (secondary N) is 1. The van der Waals surface area contributed by atoms with Gasteiger partial charge in [0, 0.05) is 32.6 Å². The molecule has 2 amide bonds. The van der Waals surface area contributed by atoms with Crippen LogP contribution in [0.15, 0.2) is 30.3 Å². The molecule has 2 aliphatic heterocycles. The minimum atomic E-state index is -0.543. The van der Waals surface area contributed by atoms with E-state index in [1.54, 1.807) is 0 Å². The molecule has 2 fully saturated rings. The van der Waals surface area contributed by atoms with Gasteiger partial charge in [0.2, 0.25) is 5.91 Å². The largest absolute Gasteiger partial charge is 0.444 e. The normalized spacial score (nSPS) is 26.4. The summed E-state index contributed by atoms with van der Waals surface area (Å²) in [6.07, 6.45) is 1.19. The number of benzene rings is 1. The number of ether oxygens (including phenoxy) is 1. The van der Waals surface area contributed by atoms with Gasteiger partial charge in [-0.2, -0.15) is 0 Å². The predicted octanol–water partition coefficient (Wildman–Crippen LogP) is 3.02. The van der Waals surface area contributed by atoms with Gasteiger partial charge in [-0.3, -0.25) is 9.69 Å². The van der Waals surface area contributed by atoms with Crippen molar-refractivity contribution in [2.45, 2.75) is 64.8 Å². The third-order valence-corrected chi connectivity index (χ3v) is 5.42. The molecular weight excluding hydrogens is 354 g/mol. The van der Waals surface area contributed by atoms with Crippen molar-refractivity contribution in [3.63, 3.8) is 0 Å². The summed E-state index contributed by atoms with van der Waals surface area (Å²) in [6.45, 7) is 10.7. The fraction of sp³-hybridized carbons (Fsp3) is 0.636. The van der Waals surface area contributed by atoms with Crippen LogP contribution in [0.1, 0.15) is 46.1 Å². The summed E-state index contributed by atoms with van der Waals surface area (Å²) >= 11 is 0. The van der Waals surface area contributed by atoms with Gasteiger partial charge in [-0.1, -0.05) is 37.3 Å². The fourth-order valence-electron chi connectivity index (χ4n) is 4.11. The lowest BCUT2D eigenvalue weighted by atomic mass is 9.96. The number of piperidine rings is 1. The summed E-state index contributed by atoms with van der Waals surface area (Å²) < 4.78 is 5.46. The van der Waals surface area contributed by atoms with Crippen LogP contribution in [0.3, 0.4) is 0 Å². The van der Waals surface area contributed by atoms with Gasteiger partial charge in [-0.05, 0) is 38.7 Å². The summed E-state index contributed by atoms with van der Waals surface area (Å²) in [5.41, 5.74) is 0.691. The van der Waals surface area contributed by atoms with Gasteiger partial charge in [0.05, 0.1) is 12.1 Å². The van der Waals surface area contributed by atoms with E-state index in [9.17, 15) is 9.59 Å². The molecule has 0 aliphatic carbocycles. The van der Waals surface area contributed by atoms with Gasteiger partial charge in [0.1, 0.15) is 5.60 Å². The Hall–Kier alpha value is -2.08. The third-order valence-electron chi connectivity index (χ3n) is 5.42. The van der Waals surface area contributed by atoms with E-state index in [0.29, 0.717) is 18.9 Å². The number of nitrogens with zero attached hydrogens (tertiary/aromatic N) is 2. The van der Waals surface area contributed by atoms with Crippen LogP contribution in [-0.4, -0.2) is 59.1 Å². The third kappa shape index (κ3) is 5.47. The zero-order valence-corrected chi connectivity index (χ0v) is 17.5. The van der Waals surface area contributed by atoms with E-state index in [4.69, 9.17) is 4.74 Å². The van der Waals surface area contributed by atoms with Gasteiger partial charge in [-0.15, -0.1) is 0 Å². The maximum absolute atomic E-state index is 12.7. The van der Waals surface area contributed by atoms with Crippen molar-refractivity contribution in [1.82, 2.24) is 15.1 Å². The number of likely N-dealkylation sites (tertiary alicyclic amines) is 2. The molecule has 0 radical (unpaired) electrons. The second kappa shape index (κ2) is 8.52. The van der Waals surface area contributed by atoms with E-state index < -0.39 is 11.7 Å². The molecule has 28 heavy (non-hydrogen) atoms. The Balaban J connectivity index is 1.71. The van der Waals surface area contributed by atoms with Crippen molar-refractivity contribution in [2.24, 2.45) is 5.92 Å². The molecule has 1 N–H and O–H groups in total. The first kappa shape index (κ1) is 20.6. The van der Waals surface area contributed by atoms with E-state index in [2.05, 4.69) is 29.3 Å². The molecular formula is C22H33N3O3. The molecule has 0 spiro atoms. The van der Waals surface area contributed by atoms with Crippen LogP contribution in [0, 0.1) is 5.92 Å². The number of hydrogen-bond acceptors (Lipinski definition) is 4. The van der Waals surface area contributed by atoms with Crippen LogP contribution >= 0.6 is 0 Å². The Bertz CT molecular complexity index is 686. The molecule has 3 rings (SSSR count). The van der Waals surface area contributed by atoms with Crippen molar-refractivity contribution in [3.8, 4) is 0 Å². The number of amides is 2. The van der Waals surface area contributed by atoms with Crippen molar-refractivity contribution in [1.29, 1.82) is 0 Å². The van der Waals surface area contributed by atoms with Crippen LogP contribution in [0.25, 0.3) is 0 Å². The number of carbonyl (C=O) groups excluding carboxylic acids is 2. The Kier molecular flexibility index (Phi) is 6.28. The summed E-state index contributed by atoms with van der Waals surface area (Å²) in [6, 6.07) is 10.2.